The van der Waals surface area contributed by atoms with Crippen molar-refractivity contribution >= 4 is 0 Å². The van der Waals surface area contributed by atoms with Crippen LogP contribution in [0.4, 0.5) is 0 Å². The third kappa shape index (κ3) is 2.10. The van der Waals surface area contributed by atoms with Crippen LogP contribution in [0.15, 0.2) is 0 Å². The first-order valence-electron chi connectivity index (χ1n) is 5.63. The van der Waals surface area contributed by atoms with E-state index in [0.717, 1.165) is 25.7 Å². The fraction of sp³-hybridized carbons (Fsp3) is 1.00. The lowest BCUT2D eigenvalue weighted by Gasteiger charge is -2.46. The van der Waals surface area contributed by atoms with Crippen LogP contribution < -0.4 is 0 Å². The predicted molar refractivity (Wildman–Crippen MR) is 52.9 cm³/mol. The molecule has 0 saturated carbocycles. The van der Waals surface area contributed by atoms with E-state index in [0.29, 0.717) is 6.42 Å². The van der Waals surface area contributed by atoms with Crippen LogP contribution in [0, 0.1) is 0 Å². The number of rotatable bonds is 0. The molecule has 2 rings (SSSR count). The minimum Gasteiger partial charge on any atom is -0.393 e. The standard InChI is InChI=1S/C11H20O3/c1-8-4-3-5-11(13-8)7-10(12)6-9(2)14-11/h8-10,12H,3-7H2,1-2H3/t8-,9+,10-,11-/m0/s1. The molecule has 0 aliphatic carbocycles. The van der Waals surface area contributed by atoms with E-state index in [2.05, 4.69) is 6.92 Å². The van der Waals surface area contributed by atoms with Crippen LogP contribution in [0.3, 0.4) is 0 Å². The monoisotopic (exact) mass is 200 g/mol. The molecule has 2 saturated heterocycles. The van der Waals surface area contributed by atoms with E-state index < -0.39 is 5.79 Å². The summed E-state index contributed by atoms with van der Waals surface area (Å²) in [6, 6.07) is 0. The van der Waals surface area contributed by atoms with Crippen LogP contribution in [-0.2, 0) is 9.47 Å². The Morgan fingerprint density at radius 3 is 2.57 bits per heavy atom. The normalized spacial score (nSPS) is 49.5. The second-order valence-electron chi connectivity index (χ2n) is 4.75. The Labute approximate surface area is 85.4 Å². The molecule has 14 heavy (non-hydrogen) atoms. The molecule has 0 bridgehead atoms. The molecule has 3 heteroatoms. The molecule has 2 aliphatic heterocycles. The Kier molecular flexibility index (Phi) is 2.82. The number of aliphatic hydroxyl groups excluding tert-OH is 1. The number of hydrogen-bond acceptors (Lipinski definition) is 3. The molecular formula is C11H20O3. The average molecular weight is 200 g/mol. The Balaban J connectivity index is 2.05. The molecule has 0 aromatic heterocycles. The van der Waals surface area contributed by atoms with Gasteiger partial charge >= 0.3 is 0 Å². The molecule has 2 aliphatic rings. The second-order valence-corrected chi connectivity index (χ2v) is 4.75. The highest BCUT2D eigenvalue weighted by Gasteiger charge is 2.43. The van der Waals surface area contributed by atoms with Gasteiger partial charge in [-0.1, -0.05) is 0 Å². The van der Waals surface area contributed by atoms with Crippen molar-refractivity contribution in [3.63, 3.8) is 0 Å². The van der Waals surface area contributed by atoms with Crippen molar-refractivity contribution in [1.82, 2.24) is 0 Å². The zero-order valence-corrected chi connectivity index (χ0v) is 9.03. The predicted octanol–water partition coefficient (Wildman–Crippen LogP) is 1.83. The van der Waals surface area contributed by atoms with Crippen molar-refractivity contribution in [2.45, 2.75) is 70.1 Å². The van der Waals surface area contributed by atoms with Crippen LogP contribution in [-0.4, -0.2) is 29.2 Å². The molecule has 3 nitrogen and oxygen atoms in total. The van der Waals surface area contributed by atoms with E-state index in [4.69, 9.17) is 9.47 Å². The number of hydrogen-bond donors (Lipinski definition) is 1. The van der Waals surface area contributed by atoms with E-state index in [-0.39, 0.29) is 18.3 Å². The Hall–Kier alpha value is -0.120. The fourth-order valence-electron chi connectivity index (χ4n) is 2.67. The molecule has 2 fully saturated rings. The van der Waals surface area contributed by atoms with Crippen LogP contribution in [0.5, 0.6) is 0 Å². The SMILES string of the molecule is C[C@@H]1C[C@H](O)C[C@]2(CCC[C@H](C)O2)O1. The lowest BCUT2D eigenvalue weighted by molar-refractivity contribution is -0.321. The highest BCUT2D eigenvalue weighted by Crippen LogP contribution is 2.38. The molecular weight excluding hydrogens is 180 g/mol. The van der Waals surface area contributed by atoms with Gasteiger partial charge in [-0.05, 0) is 33.1 Å². The van der Waals surface area contributed by atoms with Crippen molar-refractivity contribution in [1.29, 1.82) is 0 Å². The molecule has 0 radical (unpaired) electrons. The van der Waals surface area contributed by atoms with Gasteiger partial charge in [0, 0.05) is 12.8 Å². The maximum atomic E-state index is 9.72. The van der Waals surface area contributed by atoms with Gasteiger partial charge < -0.3 is 14.6 Å². The van der Waals surface area contributed by atoms with Crippen molar-refractivity contribution in [3.8, 4) is 0 Å². The molecule has 4 atom stereocenters. The first kappa shape index (κ1) is 10.4. The first-order chi connectivity index (χ1) is 6.60. The van der Waals surface area contributed by atoms with Gasteiger partial charge in [-0.25, -0.2) is 0 Å². The van der Waals surface area contributed by atoms with Gasteiger partial charge in [-0.15, -0.1) is 0 Å². The van der Waals surface area contributed by atoms with E-state index in [9.17, 15) is 5.11 Å². The average Bonchev–Trinajstić information content (AvgIpc) is 1.99. The topological polar surface area (TPSA) is 38.7 Å². The molecule has 0 amide bonds. The lowest BCUT2D eigenvalue weighted by Crippen LogP contribution is -2.50. The van der Waals surface area contributed by atoms with Crippen LogP contribution in [0.25, 0.3) is 0 Å². The highest BCUT2D eigenvalue weighted by molar-refractivity contribution is 4.85. The smallest absolute Gasteiger partial charge is 0.171 e. The molecule has 82 valence electrons. The van der Waals surface area contributed by atoms with E-state index in [1.54, 1.807) is 0 Å². The van der Waals surface area contributed by atoms with Crippen molar-refractivity contribution in [2.24, 2.45) is 0 Å². The van der Waals surface area contributed by atoms with Gasteiger partial charge in [0.15, 0.2) is 5.79 Å². The van der Waals surface area contributed by atoms with Crippen LogP contribution in [0.1, 0.15) is 46.0 Å². The zero-order valence-electron chi connectivity index (χ0n) is 9.03. The highest BCUT2D eigenvalue weighted by atomic mass is 16.7. The molecule has 1 N–H and O–H groups in total. The number of ether oxygens (including phenoxy) is 2. The lowest BCUT2D eigenvalue weighted by atomic mass is 9.92. The van der Waals surface area contributed by atoms with Gasteiger partial charge in [0.1, 0.15) is 0 Å². The van der Waals surface area contributed by atoms with Gasteiger partial charge in [0.05, 0.1) is 18.3 Å². The first-order valence-corrected chi connectivity index (χ1v) is 5.63. The molecule has 0 aromatic rings. The molecule has 0 aromatic carbocycles. The van der Waals surface area contributed by atoms with Gasteiger partial charge in [0.2, 0.25) is 0 Å². The van der Waals surface area contributed by atoms with Gasteiger partial charge in [0.25, 0.3) is 0 Å². The zero-order chi connectivity index (χ0) is 10.2. The summed E-state index contributed by atoms with van der Waals surface area (Å²) in [5.41, 5.74) is 0. The largest absolute Gasteiger partial charge is 0.393 e. The summed E-state index contributed by atoms with van der Waals surface area (Å²) in [7, 11) is 0. The summed E-state index contributed by atoms with van der Waals surface area (Å²) < 4.78 is 11.7. The third-order valence-corrected chi connectivity index (χ3v) is 3.15. The Bertz CT molecular complexity index is 189. The van der Waals surface area contributed by atoms with Gasteiger partial charge in [-0.2, -0.15) is 0 Å². The minimum absolute atomic E-state index is 0.115. The second kappa shape index (κ2) is 3.80. The van der Waals surface area contributed by atoms with Crippen LogP contribution in [0.2, 0.25) is 0 Å². The molecule has 0 unspecified atom stereocenters. The summed E-state index contributed by atoms with van der Waals surface area (Å²) in [6.45, 7) is 4.09. The fourth-order valence-corrected chi connectivity index (χ4v) is 2.67. The summed E-state index contributed by atoms with van der Waals surface area (Å²) >= 11 is 0. The quantitative estimate of drug-likeness (QED) is 0.648. The molecule has 2 heterocycles. The maximum absolute atomic E-state index is 9.72. The summed E-state index contributed by atoms with van der Waals surface area (Å²) in [5.74, 6) is -0.477. The summed E-state index contributed by atoms with van der Waals surface area (Å²) in [6.07, 6.45) is 4.67. The van der Waals surface area contributed by atoms with Crippen molar-refractivity contribution < 1.29 is 14.6 Å². The maximum Gasteiger partial charge on any atom is 0.171 e. The van der Waals surface area contributed by atoms with Crippen molar-refractivity contribution in [3.05, 3.63) is 0 Å². The van der Waals surface area contributed by atoms with E-state index >= 15 is 0 Å². The minimum atomic E-state index is -0.477. The van der Waals surface area contributed by atoms with Crippen molar-refractivity contribution in [2.75, 3.05) is 0 Å². The summed E-state index contributed by atoms with van der Waals surface area (Å²) in [5, 5.41) is 9.72. The Morgan fingerprint density at radius 1 is 1.21 bits per heavy atom. The molecule has 1 spiro atoms. The van der Waals surface area contributed by atoms with Gasteiger partial charge in [-0.3, -0.25) is 0 Å². The van der Waals surface area contributed by atoms with E-state index in [1.165, 1.54) is 0 Å². The summed E-state index contributed by atoms with van der Waals surface area (Å²) in [4.78, 5) is 0. The third-order valence-electron chi connectivity index (χ3n) is 3.15. The number of aliphatic hydroxyl groups is 1. The van der Waals surface area contributed by atoms with Crippen LogP contribution >= 0.6 is 0 Å². The Morgan fingerprint density at radius 2 is 1.93 bits per heavy atom. The van der Waals surface area contributed by atoms with E-state index in [1.807, 2.05) is 6.92 Å².